The molecule has 2 saturated carbocycles. The van der Waals surface area contributed by atoms with Crippen LogP contribution < -0.4 is 0 Å². The smallest absolute Gasteiger partial charge is 0.807 e. The van der Waals surface area contributed by atoms with Crippen LogP contribution in [0.4, 0.5) is 0 Å². The molecule has 0 atom stereocenters. The monoisotopic (exact) mass is 710 g/mol. The molecule has 0 spiro atoms. The Morgan fingerprint density at radius 2 is 0.717 bits per heavy atom. The second kappa shape index (κ2) is 28.6. The quantitative estimate of drug-likeness (QED) is 0.133. The van der Waals surface area contributed by atoms with Gasteiger partial charge in [-0.05, 0) is 88.5 Å². The van der Waals surface area contributed by atoms with Crippen LogP contribution in [0.2, 0.25) is 0 Å². The van der Waals surface area contributed by atoms with E-state index in [1.165, 1.54) is 0 Å². The van der Waals surface area contributed by atoms with Crippen LogP contribution in [0.5, 0.6) is 0 Å². The Kier molecular flexibility index (Phi) is 40.0. The Hall–Kier alpha value is -0.211. The summed E-state index contributed by atoms with van der Waals surface area (Å²) in [5, 5.41) is 19.9. The first kappa shape index (κ1) is 64.3. The van der Waals surface area contributed by atoms with Gasteiger partial charge in [-0.3, -0.25) is 0 Å². The van der Waals surface area contributed by atoms with Crippen molar-refractivity contribution in [3.05, 3.63) is 90.8 Å². The van der Waals surface area contributed by atoms with E-state index in [4.69, 9.17) is 0 Å². The van der Waals surface area contributed by atoms with E-state index in [0.717, 1.165) is 70.3 Å². The van der Waals surface area contributed by atoms with E-state index in [1.807, 2.05) is 50.8 Å². The minimum Gasteiger partial charge on any atom is -0.807 e. The Morgan fingerprint density at radius 1 is 0.500 bits per heavy atom. The molecule has 0 amide bonds. The molecule has 2 aliphatic rings. The largest absolute Gasteiger partial charge is 4.00 e. The second-order valence-electron chi connectivity index (χ2n) is 13.7. The van der Waals surface area contributed by atoms with Crippen LogP contribution in [0.3, 0.4) is 0 Å². The SMILES string of the molecule is CC(=[N-])c1cccc(C(=[N-])N(C(C)C)C(C)C)c1.CC1C(C)C(C)C(C)C1C.CC1C(C)C(C)C(C)C1C.[CH3-].[CH3-].[CH3-].[CH3-].[CH3-].[CH3-].[Ti+4].[Ti+4]. The Balaban J connectivity index is -0.0000000759. The molecule has 2 aliphatic carbocycles. The summed E-state index contributed by atoms with van der Waals surface area (Å²) in [6, 6.07) is 7.73. The van der Waals surface area contributed by atoms with Crippen LogP contribution in [-0.2, 0) is 43.4 Å². The normalized spacial score (nSPS) is 28.4. The summed E-state index contributed by atoms with van der Waals surface area (Å²) < 4.78 is 0. The van der Waals surface area contributed by atoms with E-state index >= 15 is 0 Å². The van der Waals surface area contributed by atoms with E-state index in [9.17, 15) is 10.8 Å². The fourth-order valence-electron chi connectivity index (χ4n) is 6.91. The molecule has 1 aromatic carbocycles. The van der Waals surface area contributed by atoms with Crippen molar-refractivity contribution in [3.8, 4) is 0 Å². The van der Waals surface area contributed by atoms with Crippen molar-refractivity contribution in [2.45, 2.75) is 116 Å². The van der Waals surface area contributed by atoms with Gasteiger partial charge in [0, 0.05) is 0 Å². The van der Waals surface area contributed by atoms with Gasteiger partial charge >= 0.3 is 43.4 Å². The number of amidine groups is 1. The number of hydrogen-bond donors (Lipinski definition) is 0. The van der Waals surface area contributed by atoms with Gasteiger partial charge in [-0.15, -0.1) is 0 Å². The van der Waals surface area contributed by atoms with E-state index in [0.29, 0.717) is 0 Å². The number of benzene rings is 1. The summed E-state index contributed by atoms with van der Waals surface area (Å²) in [5.74, 6) is 9.60. The minimum atomic E-state index is 0. The van der Waals surface area contributed by atoms with Gasteiger partial charge in [0.05, 0.1) is 0 Å². The molecule has 0 bridgehead atoms. The minimum absolute atomic E-state index is 0. The average molecular weight is 710 g/mol. The van der Waals surface area contributed by atoms with Crippen LogP contribution >= 0.6 is 0 Å². The predicted octanol–water partition coefficient (Wildman–Crippen LogP) is 12.6. The molecule has 0 saturated heterocycles. The summed E-state index contributed by atoms with van der Waals surface area (Å²) in [5.41, 5.74) is 1.71. The number of rotatable bonds is 4. The average Bonchev–Trinajstić information content (AvgIpc) is 3.14. The summed E-state index contributed by atoms with van der Waals surface area (Å²) in [6.45, 7) is 33.8. The maximum Gasteiger partial charge on any atom is 4.00 e. The molecule has 0 heterocycles. The van der Waals surface area contributed by atoms with Gasteiger partial charge in [0.2, 0.25) is 0 Å². The topological polar surface area (TPSA) is 47.8 Å². The first-order chi connectivity index (χ1) is 17.4. The van der Waals surface area contributed by atoms with E-state index in [-0.39, 0.29) is 112 Å². The van der Waals surface area contributed by atoms with Crippen LogP contribution in [0.15, 0.2) is 24.3 Å². The molecule has 0 unspecified atom stereocenters. The van der Waals surface area contributed by atoms with Gasteiger partial charge in [-0.2, -0.15) is 5.71 Å². The van der Waals surface area contributed by atoms with Crippen molar-refractivity contribution >= 4 is 11.5 Å². The number of nitrogens with zero attached hydrogens (tertiary/aromatic N) is 3. The zero-order valence-corrected chi connectivity index (χ0v) is 37.7. The zero-order chi connectivity index (χ0) is 29.6. The summed E-state index contributed by atoms with van der Waals surface area (Å²) in [7, 11) is 0. The van der Waals surface area contributed by atoms with Gasteiger partial charge < -0.3 is 60.3 Å². The fraction of sp³-hybridized carbons (Fsp3) is 0.659. The maximum absolute atomic E-state index is 10.4. The molecule has 2 fully saturated rings. The molecule has 0 N–H and O–H groups in total. The predicted molar refractivity (Wildman–Crippen MR) is 209 cm³/mol. The molecule has 0 aromatic heterocycles. The standard InChI is InChI=1S/C15H21N3.2C10H20.6CH3.2Ti/c1-10(2)18(11(3)4)15(17)14-8-6-7-13(9-14)12(5)16;2*1-6-7(2)9(4)10(5)8(6)3;;;;;;;;/h6-11H,1-5H3;2*6-10H,1-5H3;6*1H3;;/q-2;;;6*-1;2*+4. The third-order valence-corrected chi connectivity index (χ3v) is 11.2. The molecule has 0 radical (unpaired) electrons. The molecular weight excluding hydrogens is 630 g/mol. The third kappa shape index (κ3) is 16.5. The molecule has 266 valence electrons. The first-order valence-electron chi connectivity index (χ1n) is 15.4. The van der Waals surface area contributed by atoms with Crippen LogP contribution in [0.25, 0.3) is 10.8 Å². The van der Waals surface area contributed by atoms with Gasteiger partial charge in [-0.1, -0.05) is 128 Å². The van der Waals surface area contributed by atoms with Gasteiger partial charge in [-0.25, -0.2) is 0 Å². The van der Waals surface area contributed by atoms with E-state index in [2.05, 4.69) is 69.2 Å². The maximum atomic E-state index is 10.4. The van der Waals surface area contributed by atoms with Crippen molar-refractivity contribution in [2.75, 3.05) is 0 Å². The Morgan fingerprint density at radius 3 is 0.913 bits per heavy atom. The van der Waals surface area contributed by atoms with E-state index < -0.39 is 0 Å². The summed E-state index contributed by atoms with van der Waals surface area (Å²) in [4.78, 5) is 1.95. The molecule has 3 nitrogen and oxygen atoms in total. The summed E-state index contributed by atoms with van der Waals surface area (Å²) >= 11 is 0. The molecule has 5 heteroatoms. The first-order valence-corrected chi connectivity index (χ1v) is 15.4. The van der Waals surface area contributed by atoms with Gasteiger partial charge in [0.1, 0.15) is 0 Å². The molecule has 1 aromatic rings. The fourth-order valence-corrected chi connectivity index (χ4v) is 6.91. The van der Waals surface area contributed by atoms with Crippen molar-refractivity contribution in [3.63, 3.8) is 0 Å². The van der Waals surface area contributed by atoms with Crippen molar-refractivity contribution < 1.29 is 43.4 Å². The molecular formula is C41H79N3Ti2. The van der Waals surface area contributed by atoms with Crippen LogP contribution in [0, 0.1) is 104 Å². The Labute approximate surface area is 323 Å². The summed E-state index contributed by atoms with van der Waals surface area (Å²) in [6.07, 6.45) is 0. The van der Waals surface area contributed by atoms with Gasteiger partial charge in [0.25, 0.3) is 0 Å². The van der Waals surface area contributed by atoms with Crippen molar-refractivity contribution in [1.29, 1.82) is 0 Å². The van der Waals surface area contributed by atoms with E-state index in [1.54, 1.807) is 13.0 Å². The number of hydrogen-bond acceptors (Lipinski definition) is 0. The zero-order valence-electron chi connectivity index (χ0n) is 34.6. The second-order valence-corrected chi connectivity index (χ2v) is 13.7. The third-order valence-electron chi connectivity index (χ3n) is 11.2. The van der Waals surface area contributed by atoms with Crippen LogP contribution in [0.1, 0.15) is 115 Å². The Bertz CT molecular complexity index is 772. The van der Waals surface area contributed by atoms with Crippen molar-refractivity contribution in [2.24, 2.45) is 59.2 Å². The van der Waals surface area contributed by atoms with Crippen molar-refractivity contribution in [1.82, 2.24) is 4.90 Å². The molecule has 46 heavy (non-hydrogen) atoms. The van der Waals surface area contributed by atoms with Crippen LogP contribution in [-0.4, -0.2) is 28.5 Å². The molecule has 3 rings (SSSR count). The molecule has 0 aliphatic heterocycles. The van der Waals surface area contributed by atoms with Gasteiger partial charge in [0.15, 0.2) is 0 Å².